The van der Waals surface area contributed by atoms with Gasteiger partial charge in [-0.25, -0.2) is 8.42 Å². The Bertz CT molecular complexity index is 1360. The number of methoxy groups -OCH3 is 1. The predicted octanol–water partition coefficient (Wildman–Crippen LogP) is 4.84. The van der Waals surface area contributed by atoms with Gasteiger partial charge in [-0.3, -0.25) is 9.10 Å². The van der Waals surface area contributed by atoms with E-state index in [1.165, 1.54) is 16.4 Å². The van der Waals surface area contributed by atoms with Crippen LogP contribution < -0.4 is 14.4 Å². The number of nitrogens with one attached hydrogen (secondary N) is 1. The van der Waals surface area contributed by atoms with Crippen molar-refractivity contribution in [1.29, 1.82) is 0 Å². The number of carbonyl (C=O) groups excluding carboxylic acids is 1. The third-order valence-electron chi connectivity index (χ3n) is 5.27. The predicted molar refractivity (Wildman–Crippen MR) is 128 cm³/mol. The van der Waals surface area contributed by atoms with E-state index in [9.17, 15) is 13.2 Å². The molecule has 1 aromatic heterocycles. The number of para-hydroxylation sites is 1. The standard InChI is InChI=1S/C25H24N2O5S/c1-3-27(20-7-5-4-6-8-20)33(29,30)22-12-9-19(10-13-22)26-25(28)15-18-17-32-24-14-11-21(31-2)16-23(18)24/h4-14,16-17H,3,15H2,1-2H3,(H,26,28). The lowest BCUT2D eigenvalue weighted by Gasteiger charge is -2.23. The molecular formula is C25H24N2O5S. The summed E-state index contributed by atoms with van der Waals surface area (Å²) in [6.45, 7) is 2.09. The van der Waals surface area contributed by atoms with Gasteiger partial charge < -0.3 is 14.5 Å². The quantitative estimate of drug-likeness (QED) is 0.403. The van der Waals surface area contributed by atoms with E-state index >= 15 is 0 Å². The van der Waals surface area contributed by atoms with Gasteiger partial charge in [-0.15, -0.1) is 0 Å². The molecule has 0 atom stereocenters. The molecule has 0 saturated carbocycles. The number of nitrogens with zero attached hydrogens (tertiary/aromatic N) is 1. The molecular weight excluding hydrogens is 440 g/mol. The van der Waals surface area contributed by atoms with Gasteiger partial charge in [0.1, 0.15) is 11.3 Å². The molecule has 0 bridgehead atoms. The second-order valence-corrected chi connectivity index (χ2v) is 9.24. The first kappa shape index (κ1) is 22.4. The number of fused-ring (bicyclic) bond motifs is 1. The number of benzene rings is 3. The molecule has 0 aliphatic rings. The van der Waals surface area contributed by atoms with E-state index in [4.69, 9.17) is 9.15 Å². The Morgan fingerprint density at radius 2 is 1.76 bits per heavy atom. The first-order valence-electron chi connectivity index (χ1n) is 10.4. The molecule has 0 saturated heterocycles. The zero-order valence-electron chi connectivity index (χ0n) is 18.3. The highest BCUT2D eigenvalue weighted by molar-refractivity contribution is 7.92. The van der Waals surface area contributed by atoms with Crippen LogP contribution in [0.1, 0.15) is 12.5 Å². The lowest BCUT2D eigenvalue weighted by Crippen LogP contribution is -2.30. The molecule has 0 spiro atoms. The van der Waals surface area contributed by atoms with Crippen LogP contribution in [-0.2, 0) is 21.2 Å². The third-order valence-corrected chi connectivity index (χ3v) is 7.19. The molecule has 0 aliphatic heterocycles. The van der Waals surface area contributed by atoms with Crippen LogP contribution >= 0.6 is 0 Å². The molecule has 0 fully saturated rings. The molecule has 3 aromatic carbocycles. The summed E-state index contributed by atoms with van der Waals surface area (Å²) in [5, 5.41) is 3.62. The fraction of sp³-hybridized carbons (Fsp3) is 0.160. The highest BCUT2D eigenvalue weighted by Gasteiger charge is 2.23. The Morgan fingerprint density at radius 1 is 1.03 bits per heavy atom. The molecule has 7 nitrogen and oxygen atoms in total. The maximum atomic E-state index is 13.1. The Hall–Kier alpha value is -3.78. The van der Waals surface area contributed by atoms with E-state index in [1.54, 1.807) is 68.8 Å². The van der Waals surface area contributed by atoms with Crippen molar-refractivity contribution in [3.8, 4) is 5.75 Å². The van der Waals surface area contributed by atoms with Gasteiger partial charge >= 0.3 is 0 Å². The van der Waals surface area contributed by atoms with Gasteiger partial charge in [0.15, 0.2) is 0 Å². The van der Waals surface area contributed by atoms with Crippen LogP contribution in [0.5, 0.6) is 5.75 Å². The maximum Gasteiger partial charge on any atom is 0.264 e. The second-order valence-electron chi connectivity index (χ2n) is 7.38. The molecule has 0 radical (unpaired) electrons. The van der Waals surface area contributed by atoms with Crippen molar-refractivity contribution in [2.75, 3.05) is 23.3 Å². The zero-order valence-corrected chi connectivity index (χ0v) is 19.1. The summed E-state index contributed by atoms with van der Waals surface area (Å²) in [6.07, 6.45) is 1.67. The van der Waals surface area contributed by atoms with Crippen LogP contribution in [0.3, 0.4) is 0 Å². The summed E-state index contributed by atoms with van der Waals surface area (Å²) in [5.74, 6) is 0.439. The van der Waals surface area contributed by atoms with Crippen molar-refractivity contribution in [2.45, 2.75) is 18.2 Å². The summed E-state index contributed by atoms with van der Waals surface area (Å²) < 4.78 is 38.3. The summed E-state index contributed by atoms with van der Waals surface area (Å²) in [5.41, 5.74) is 2.52. The monoisotopic (exact) mass is 464 g/mol. The largest absolute Gasteiger partial charge is 0.497 e. The molecule has 0 aliphatic carbocycles. The SMILES string of the molecule is CCN(c1ccccc1)S(=O)(=O)c1ccc(NC(=O)Cc2coc3ccc(OC)cc23)cc1. The van der Waals surface area contributed by atoms with Gasteiger partial charge in [0.05, 0.1) is 30.4 Å². The van der Waals surface area contributed by atoms with Crippen LogP contribution in [0.25, 0.3) is 11.0 Å². The number of hydrogen-bond donors (Lipinski definition) is 1. The Labute approximate surface area is 192 Å². The van der Waals surface area contributed by atoms with Gasteiger partial charge in [0.2, 0.25) is 5.91 Å². The van der Waals surface area contributed by atoms with E-state index in [1.807, 2.05) is 12.1 Å². The van der Waals surface area contributed by atoms with Crippen molar-refractivity contribution >= 4 is 38.3 Å². The third kappa shape index (κ3) is 4.70. The zero-order chi connectivity index (χ0) is 23.4. The Balaban J connectivity index is 1.48. The van der Waals surface area contributed by atoms with Crippen LogP contribution in [-0.4, -0.2) is 28.0 Å². The van der Waals surface area contributed by atoms with Gasteiger partial charge in [-0.2, -0.15) is 0 Å². The second kappa shape index (κ2) is 9.38. The van der Waals surface area contributed by atoms with E-state index in [0.717, 1.165) is 10.9 Å². The number of ether oxygens (including phenoxy) is 1. The molecule has 170 valence electrons. The van der Waals surface area contributed by atoms with Gasteiger partial charge in [-0.1, -0.05) is 18.2 Å². The molecule has 33 heavy (non-hydrogen) atoms. The number of hydrogen-bond acceptors (Lipinski definition) is 5. The van der Waals surface area contributed by atoms with Crippen molar-refractivity contribution in [3.63, 3.8) is 0 Å². The number of rotatable bonds is 8. The topological polar surface area (TPSA) is 88.9 Å². The van der Waals surface area contributed by atoms with Crippen LogP contribution in [0.4, 0.5) is 11.4 Å². The van der Waals surface area contributed by atoms with Gasteiger partial charge in [0, 0.05) is 23.2 Å². The summed E-state index contributed by atoms with van der Waals surface area (Å²) in [6, 6.07) is 20.5. The maximum absolute atomic E-state index is 13.1. The Kier molecular flexibility index (Phi) is 6.37. The number of amides is 1. The molecule has 8 heteroatoms. The van der Waals surface area contributed by atoms with E-state index in [-0.39, 0.29) is 17.2 Å². The molecule has 4 aromatic rings. The Morgan fingerprint density at radius 3 is 2.42 bits per heavy atom. The minimum atomic E-state index is -3.73. The first-order chi connectivity index (χ1) is 15.9. The lowest BCUT2D eigenvalue weighted by atomic mass is 10.1. The summed E-state index contributed by atoms with van der Waals surface area (Å²) in [7, 11) is -2.14. The molecule has 1 heterocycles. The first-order valence-corrected chi connectivity index (χ1v) is 11.9. The molecule has 0 unspecified atom stereocenters. The minimum absolute atomic E-state index is 0.109. The highest BCUT2D eigenvalue weighted by atomic mass is 32.2. The summed E-state index contributed by atoms with van der Waals surface area (Å²) in [4.78, 5) is 12.7. The number of sulfonamides is 1. The minimum Gasteiger partial charge on any atom is -0.497 e. The van der Waals surface area contributed by atoms with Gasteiger partial charge in [-0.05, 0) is 61.5 Å². The normalized spacial score (nSPS) is 11.3. The number of furan rings is 1. The smallest absolute Gasteiger partial charge is 0.264 e. The van der Waals surface area contributed by atoms with Crippen LogP contribution in [0.2, 0.25) is 0 Å². The fourth-order valence-corrected chi connectivity index (χ4v) is 5.10. The van der Waals surface area contributed by atoms with Crippen molar-refractivity contribution in [2.24, 2.45) is 0 Å². The average Bonchev–Trinajstić information content (AvgIpc) is 3.22. The fourth-order valence-electron chi connectivity index (χ4n) is 3.63. The van der Waals surface area contributed by atoms with Crippen molar-refractivity contribution in [1.82, 2.24) is 0 Å². The molecule has 1 amide bonds. The van der Waals surface area contributed by atoms with Crippen LogP contribution in [0.15, 0.2) is 88.4 Å². The highest BCUT2D eigenvalue weighted by Crippen LogP contribution is 2.27. The van der Waals surface area contributed by atoms with Crippen LogP contribution in [0, 0.1) is 0 Å². The lowest BCUT2D eigenvalue weighted by molar-refractivity contribution is -0.115. The van der Waals surface area contributed by atoms with Gasteiger partial charge in [0.25, 0.3) is 10.0 Å². The van der Waals surface area contributed by atoms with Crippen molar-refractivity contribution in [3.05, 3.63) is 84.6 Å². The van der Waals surface area contributed by atoms with E-state index in [0.29, 0.717) is 29.3 Å². The van der Waals surface area contributed by atoms with Crippen molar-refractivity contribution < 1.29 is 22.4 Å². The summed E-state index contributed by atoms with van der Waals surface area (Å²) >= 11 is 0. The average molecular weight is 465 g/mol. The van der Waals surface area contributed by atoms with E-state index < -0.39 is 10.0 Å². The molecule has 1 N–H and O–H groups in total. The molecule has 4 rings (SSSR count). The number of anilines is 2. The number of carbonyl (C=O) groups is 1. The van der Waals surface area contributed by atoms with E-state index in [2.05, 4.69) is 5.32 Å².